The smallest absolute Gasteiger partial charge is 0.142 e. The lowest BCUT2D eigenvalue weighted by Gasteiger charge is -2.39. The number of rotatable bonds is 13. The van der Waals surface area contributed by atoms with Crippen LogP contribution in [0.15, 0.2) is 42.5 Å². The molecule has 9 heteroatoms. The topological polar surface area (TPSA) is 73.9 Å². The molecular weight excluding hydrogens is 510 g/mol. The minimum Gasteiger partial charge on any atom is -0.497 e. The standard InChI is InChI=1S/C31H45N3O6/c1-35-15-3-10-34-14-19-38-28-9-4-24(20-27(28)34)23-40-30-22-32-21-29(39-18-13-33-11-16-37-17-12-33)31(30)25-5-7-26(36-2)8-6-25/h4-9,20,29-32H,3,10-19,21-23H2,1-2H3/t29-,30+,31+/m1/s1. The number of anilines is 1. The molecule has 0 spiro atoms. The summed E-state index contributed by atoms with van der Waals surface area (Å²) in [5.41, 5.74) is 3.50. The SMILES string of the molecule is COCCCN1CCOc2ccc(CO[C@H]3CNC[C@@H](OCCN4CCOCC4)[C@@H]3c3ccc(OC)cc3)cc21. The van der Waals surface area contributed by atoms with Gasteiger partial charge in [-0.2, -0.15) is 0 Å². The molecule has 2 aromatic rings. The first-order chi connectivity index (χ1) is 19.7. The zero-order valence-electron chi connectivity index (χ0n) is 24.0. The van der Waals surface area contributed by atoms with E-state index in [-0.39, 0.29) is 18.1 Å². The molecule has 0 bridgehead atoms. The Balaban J connectivity index is 1.26. The molecule has 3 aliphatic heterocycles. The lowest BCUT2D eigenvalue weighted by atomic mass is 9.85. The molecule has 0 aromatic heterocycles. The van der Waals surface area contributed by atoms with Crippen LogP contribution in [0.1, 0.15) is 23.5 Å². The van der Waals surface area contributed by atoms with Crippen molar-refractivity contribution in [2.45, 2.75) is 31.2 Å². The number of ether oxygens (including phenoxy) is 6. The number of hydrogen-bond acceptors (Lipinski definition) is 9. The third kappa shape index (κ3) is 7.66. The van der Waals surface area contributed by atoms with E-state index in [0.717, 1.165) is 94.8 Å². The molecule has 2 fully saturated rings. The van der Waals surface area contributed by atoms with Gasteiger partial charge in [0.15, 0.2) is 0 Å². The number of methoxy groups -OCH3 is 2. The highest BCUT2D eigenvalue weighted by molar-refractivity contribution is 5.61. The van der Waals surface area contributed by atoms with Crippen molar-refractivity contribution in [3.8, 4) is 11.5 Å². The summed E-state index contributed by atoms with van der Waals surface area (Å²) in [5.74, 6) is 1.91. The number of fused-ring (bicyclic) bond motifs is 1. The van der Waals surface area contributed by atoms with Gasteiger partial charge in [-0.15, -0.1) is 0 Å². The second-order valence-corrected chi connectivity index (χ2v) is 10.7. The fourth-order valence-corrected chi connectivity index (χ4v) is 5.84. The molecule has 1 N–H and O–H groups in total. The summed E-state index contributed by atoms with van der Waals surface area (Å²) in [6, 6.07) is 14.8. The van der Waals surface area contributed by atoms with Crippen molar-refractivity contribution in [3.63, 3.8) is 0 Å². The first kappa shape index (κ1) is 29.1. The molecule has 0 radical (unpaired) electrons. The van der Waals surface area contributed by atoms with Crippen LogP contribution in [0.2, 0.25) is 0 Å². The van der Waals surface area contributed by atoms with Crippen LogP contribution < -0.4 is 19.7 Å². The van der Waals surface area contributed by atoms with Crippen molar-refractivity contribution >= 4 is 5.69 Å². The summed E-state index contributed by atoms with van der Waals surface area (Å²) < 4.78 is 35.3. The van der Waals surface area contributed by atoms with E-state index in [2.05, 4.69) is 45.4 Å². The number of morpholine rings is 1. The Morgan fingerprint density at radius 1 is 0.875 bits per heavy atom. The molecule has 5 rings (SSSR count). The normalized spacial score (nSPS) is 23.4. The molecule has 0 amide bonds. The van der Waals surface area contributed by atoms with Crippen molar-refractivity contribution < 1.29 is 28.4 Å². The summed E-state index contributed by atoms with van der Waals surface area (Å²) >= 11 is 0. The highest BCUT2D eigenvalue weighted by Gasteiger charge is 2.36. The summed E-state index contributed by atoms with van der Waals surface area (Å²) in [4.78, 5) is 4.80. The van der Waals surface area contributed by atoms with E-state index in [4.69, 9.17) is 28.4 Å². The lowest BCUT2D eigenvalue weighted by molar-refractivity contribution is -0.0662. The van der Waals surface area contributed by atoms with Gasteiger partial charge in [0.25, 0.3) is 0 Å². The van der Waals surface area contributed by atoms with Crippen LogP contribution in [-0.2, 0) is 25.6 Å². The summed E-state index contributed by atoms with van der Waals surface area (Å²) in [6.45, 7) is 10.5. The second kappa shape index (κ2) is 15.0. The summed E-state index contributed by atoms with van der Waals surface area (Å²) in [5, 5.41) is 3.57. The minimum absolute atomic E-state index is 0.0152. The molecule has 0 aliphatic carbocycles. The van der Waals surface area contributed by atoms with Gasteiger partial charge in [0.1, 0.15) is 18.1 Å². The van der Waals surface area contributed by atoms with Crippen molar-refractivity contribution in [2.75, 3.05) is 98.0 Å². The molecule has 3 aliphatic rings. The van der Waals surface area contributed by atoms with Crippen LogP contribution in [0.25, 0.3) is 0 Å². The van der Waals surface area contributed by atoms with Crippen LogP contribution >= 0.6 is 0 Å². The number of nitrogens with one attached hydrogen (secondary N) is 1. The highest BCUT2D eigenvalue weighted by atomic mass is 16.5. The maximum atomic E-state index is 6.66. The average Bonchev–Trinajstić information content (AvgIpc) is 3.01. The van der Waals surface area contributed by atoms with Crippen LogP contribution in [0.5, 0.6) is 11.5 Å². The largest absolute Gasteiger partial charge is 0.497 e. The number of nitrogens with zero attached hydrogens (tertiary/aromatic N) is 2. The average molecular weight is 556 g/mol. The molecule has 0 saturated carbocycles. The third-order valence-electron chi connectivity index (χ3n) is 8.06. The Morgan fingerprint density at radius 3 is 2.45 bits per heavy atom. The fourth-order valence-electron chi connectivity index (χ4n) is 5.84. The Labute approximate surface area is 238 Å². The highest BCUT2D eigenvalue weighted by Crippen LogP contribution is 2.35. The van der Waals surface area contributed by atoms with Gasteiger partial charge < -0.3 is 38.6 Å². The van der Waals surface area contributed by atoms with Gasteiger partial charge >= 0.3 is 0 Å². The number of hydrogen-bond donors (Lipinski definition) is 1. The molecule has 9 nitrogen and oxygen atoms in total. The molecular formula is C31H45N3O6. The molecule has 2 saturated heterocycles. The van der Waals surface area contributed by atoms with E-state index in [9.17, 15) is 0 Å². The van der Waals surface area contributed by atoms with Crippen molar-refractivity contribution in [3.05, 3.63) is 53.6 Å². The monoisotopic (exact) mass is 555 g/mol. The molecule has 2 aromatic carbocycles. The quantitative estimate of drug-likeness (QED) is 0.376. The van der Waals surface area contributed by atoms with Gasteiger partial charge in [0.05, 0.1) is 58.0 Å². The first-order valence-corrected chi connectivity index (χ1v) is 14.6. The Hall–Kier alpha value is -2.40. The van der Waals surface area contributed by atoms with Crippen LogP contribution in [0, 0.1) is 0 Å². The number of benzene rings is 2. The maximum absolute atomic E-state index is 6.66. The Kier molecular flexibility index (Phi) is 10.9. The second-order valence-electron chi connectivity index (χ2n) is 10.7. The molecule has 3 atom stereocenters. The van der Waals surface area contributed by atoms with Gasteiger partial charge in [0, 0.05) is 58.9 Å². The predicted molar refractivity (Wildman–Crippen MR) is 155 cm³/mol. The van der Waals surface area contributed by atoms with Gasteiger partial charge in [0.2, 0.25) is 0 Å². The number of piperidine rings is 1. The third-order valence-corrected chi connectivity index (χ3v) is 8.06. The van der Waals surface area contributed by atoms with Crippen LogP contribution in [0.4, 0.5) is 5.69 Å². The van der Waals surface area contributed by atoms with Crippen molar-refractivity contribution in [1.82, 2.24) is 10.2 Å². The predicted octanol–water partition coefficient (Wildman–Crippen LogP) is 2.92. The maximum Gasteiger partial charge on any atom is 0.142 e. The zero-order chi connectivity index (χ0) is 27.6. The van der Waals surface area contributed by atoms with Crippen LogP contribution in [0.3, 0.4) is 0 Å². The minimum atomic E-state index is -0.0272. The van der Waals surface area contributed by atoms with Gasteiger partial charge in [-0.1, -0.05) is 18.2 Å². The van der Waals surface area contributed by atoms with Crippen molar-refractivity contribution in [1.29, 1.82) is 0 Å². The molecule has 40 heavy (non-hydrogen) atoms. The van der Waals surface area contributed by atoms with E-state index in [1.807, 2.05) is 12.1 Å². The van der Waals surface area contributed by atoms with Gasteiger partial charge in [-0.25, -0.2) is 0 Å². The van der Waals surface area contributed by atoms with E-state index in [0.29, 0.717) is 19.8 Å². The lowest BCUT2D eigenvalue weighted by Crippen LogP contribution is -2.51. The van der Waals surface area contributed by atoms with E-state index in [1.165, 1.54) is 5.56 Å². The molecule has 0 unspecified atom stereocenters. The summed E-state index contributed by atoms with van der Waals surface area (Å²) in [7, 11) is 3.45. The van der Waals surface area contributed by atoms with Crippen molar-refractivity contribution in [2.24, 2.45) is 0 Å². The fraction of sp³-hybridized carbons (Fsp3) is 0.613. The Bertz CT molecular complexity index is 1030. The van der Waals surface area contributed by atoms with E-state index >= 15 is 0 Å². The molecule has 3 heterocycles. The Morgan fingerprint density at radius 2 is 1.68 bits per heavy atom. The van der Waals surface area contributed by atoms with E-state index < -0.39 is 0 Å². The first-order valence-electron chi connectivity index (χ1n) is 14.6. The van der Waals surface area contributed by atoms with Gasteiger partial charge in [-0.3, -0.25) is 4.90 Å². The zero-order valence-corrected chi connectivity index (χ0v) is 24.0. The molecule has 220 valence electrons. The van der Waals surface area contributed by atoms with Crippen LogP contribution in [-0.4, -0.2) is 110 Å². The van der Waals surface area contributed by atoms with E-state index in [1.54, 1.807) is 14.2 Å². The van der Waals surface area contributed by atoms with Gasteiger partial charge in [-0.05, 0) is 41.8 Å². The summed E-state index contributed by atoms with van der Waals surface area (Å²) in [6.07, 6.45) is 0.975.